The van der Waals surface area contributed by atoms with Crippen molar-refractivity contribution in [2.24, 2.45) is 0 Å². The van der Waals surface area contributed by atoms with Crippen molar-refractivity contribution in [1.29, 1.82) is 0 Å². The second-order valence-electron chi connectivity index (χ2n) is 6.12. The first-order chi connectivity index (χ1) is 12.6. The molecule has 138 valence electrons. The second kappa shape index (κ2) is 10.2. The van der Waals surface area contributed by atoms with Crippen molar-refractivity contribution >= 4 is 23.2 Å². The van der Waals surface area contributed by atoms with Crippen LogP contribution in [0.2, 0.25) is 0 Å². The van der Waals surface area contributed by atoms with Crippen LogP contribution < -0.4 is 15.4 Å². The minimum Gasteiger partial charge on any atom is -0.493 e. The van der Waals surface area contributed by atoms with Crippen molar-refractivity contribution in [3.63, 3.8) is 0 Å². The van der Waals surface area contributed by atoms with Gasteiger partial charge >= 0.3 is 0 Å². The van der Waals surface area contributed by atoms with E-state index >= 15 is 0 Å². The van der Waals surface area contributed by atoms with Gasteiger partial charge in [0.05, 0.1) is 12.2 Å². The Morgan fingerprint density at radius 1 is 0.885 bits per heavy atom. The number of hydrogen-bond acceptors (Lipinski definition) is 3. The zero-order valence-corrected chi connectivity index (χ0v) is 15.4. The monoisotopic (exact) mass is 354 g/mol. The molecule has 0 atom stereocenters. The number of ether oxygens (including phenoxy) is 1. The number of unbranched alkanes of at least 4 members (excludes halogenated alkanes) is 3. The number of hydrogen-bond donors (Lipinski definition) is 2. The maximum Gasteiger partial charge on any atom is 0.259 e. The van der Waals surface area contributed by atoms with Crippen molar-refractivity contribution in [3.05, 3.63) is 54.1 Å². The maximum atomic E-state index is 12.6. The first kappa shape index (κ1) is 19.5. The van der Waals surface area contributed by atoms with Gasteiger partial charge in [-0.3, -0.25) is 9.59 Å². The summed E-state index contributed by atoms with van der Waals surface area (Å²) in [5, 5.41) is 5.55. The fourth-order valence-corrected chi connectivity index (χ4v) is 2.53. The van der Waals surface area contributed by atoms with Gasteiger partial charge in [-0.2, -0.15) is 0 Å². The molecule has 26 heavy (non-hydrogen) atoms. The Bertz CT molecular complexity index is 726. The minimum absolute atomic E-state index is 0.133. The highest BCUT2D eigenvalue weighted by Gasteiger charge is 2.12. The Kier molecular flexibility index (Phi) is 7.68. The highest BCUT2D eigenvalue weighted by molar-refractivity contribution is 6.06. The summed E-state index contributed by atoms with van der Waals surface area (Å²) in [4.78, 5) is 23.6. The average molecular weight is 354 g/mol. The van der Waals surface area contributed by atoms with E-state index in [9.17, 15) is 9.59 Å². The Morgan fingerprint density at radius 3 is 2.19 bits per heavy atom. The molecule has 0 fully saturated rings. The van der Waals surface area contributed by atoms with Gasteiger partial charge in [0.2, 0.25) is 5.91 Å². The Hall–Kier alpha value is -2.82. The molecule has 0 saturated carbocycles. The molecule has 0 aliphatic heterocycles. The van der Waals surface area contributed by atoms with Crippen LogP contribution in [0.4, 0.5) is 11.4 Å². The predicted octanol–water partition coefficient (Wildman–Crippen LogP) is 4.86. The lowest BCUT2D eigenvalue weighted by Crippen LogP contribution is -2.14. The number of amides is 2. The Balaban J connectivity index is 1.97. The van der Waals surface area contributed by atoms with E-state index in [1.54, 1.807) is 30.3 Å². The summed E-state index contributed by atoms with van der Waals surface area (Å²) in [6, 6.07) is 14.2. The number of para-hydroxylation sites is 1. The first-order valence-corrected chi connectivity index (χ1v) is 9.01. The lowest BCUT2D eigenvalue weighted by Gasteiger charge is -2.12. The molecule has 2 rings (SSSR count). The molecule has 2 N–H and O–H groups in total. The molecule has 5 nitrogen and oxygen atoms in total. The van der Waals surface area contributed by atoms with Crippen molar-refractivity contribution < 1.29 is 14.3 Å². The Labute approximate surface area is 154 Å². The number of nitrogens with one attached hydrogen (secondary N) is 2. The van der Waals surface area contributed by atoms with Crippen molar-refractivity contribution in [2.45, 2.75) is 39.5 Å². The fraction of sp³-hybridized carbons (Fsp3) is 0.333. The van der Waals surface area contributed by atoms with Crippen molar-refractivity contribution in [2.75, 3.05) is 17.2 Å². The summed E-state index contributed by atoms with van der Waals surface area (Å²) in [5.41, 5.74) is 1.85. The molecule has 0 aromatic heterocycles. The number of anilines is 2. The van der Waals surface area contributed by atoms with E-state index in [1.165, 1.54) is 19.8 Å². The van der Waals surface area contributed by atoms with Crippen LogP contribution in [0.5, 0.6) is 5.75 Å². The van der Waals surface area contributed by atoms with Crippen LogP contribution in [-0.4, -0.2) is 18.4 Å². The molecule has 0 spiro atoms. The third-order valence-corrected chi connectivity index (χ3v) is 3.85. The van der Waals surface area contributed by atoms with Crippen LogP contribution in [0.1, 0.15) is 49.9 Å². The van der Waals surface area contributed by atoms with Crippen LogP contribution in [0.15, 0.2) is 48.5 Å². The average Bonchev–Trinajstić information content (AvgIpc) is 2.63. The van der Waals surface area contributed by atoms with Gasteiger partial charge in [0.1, 0.15) is 5.75 Å². The third kappa shape index (κ3) is 6.24. The molecule has 0 radical (unpaired) electrons. The first-order valence-electron chi connectivity index (χ1n) is 9.01. The standard InChI is InChI=1S/C21H26N2O3/c1-3-4-5-8-15-26-20-10-7-6-9-19(20)21(25)23-18-13-11-17(12-14-18)22-16(2)24/h6-7,9-14H,3-5,8,15H2,1-2H3,(H,22,24)(H,23,25). The number of carbonyl (C=O) groups is 2. The summed E-state index contributed by atoms with van der Waals surface area (Å²) in [7, 11) is 0. The van der Waals surface area contributed by atoms with Gasteiger partial charge in [-0.1, -0.05) is 38.3 Å². The zero-order valence-electron chi connectivity index (χ0n) is 15.4. The summed E-state index contributed by atoms with van der Waals surface area (Å²) in [5.74, 6) is 0.240. The molecular weight excluding hydrogens is 328 g/mol. The molecule has 0 saturated heterocycles. The topological polar surface area (TPSA) is 67.4 Å². The van der Waals surface area contributed by atoms with Gasteiger partial charge < -0.3 is 15.4 Å². The number of benzene rings is 2. The molecule has 0 bridgehead atoms. The fourth-order valence-electron chi connectivity index (χ4n) is 2.53. The van der Waals surface area contributed by atoms with Gasteiger partial charge in [0, 0.05) is 18.3 Å². The summed E-state index contributed by atoms with van der Waals surface area (Å²) >= 11 is 0. The molecule has 2 amide bonds. The third-order valence-electron chi connectivity index (χ3n) is 3.85. The number of rotatable bonds is 9. The molecule has 0 aliphatic carbocycles. The van der Waals surface area contributed by atoms with Gasteiger partial charge in [0.15, 0.2) is 0 Å². The largest absolute Gasteiger partial charge is 0.493 e. The van der Waals surface area contributed by atoms with E-state index in [2.05, 4.69) is 17.6 Å². The van der Waals surface area contributed by atoms with E-state index in [-0.39, 0.29) is 11.8 Å². The molecule has 0 unspecified atom stereocenters. The van der Waals surface area contributed by atoms with E-state index in [0.29, 0.717) is 29.3 Å². The van der Waals surface area contributed by atoms with E-state index < -0.39 is 0 Å². The molecular formula is C21H26N2O3. The predicted molar refractivity (Wildman–Crippen MR) is 105 cm³/mol. The van der Waals surface area contributed by atoms with Gasteiger partial charge in [-0.15, -0.1) is 0 Å². The van der Waals surface area contributed by atoms with E-state index in [0.717, 1.165) is 12.8 Å². The SMILES string of the molecule is CCCCCCOc1ccccc1C(=O)Nc1ccc(NC(C)=O)cc1. The highest BCUT2D eigenvalue weighted by Crippen LogP contribution is 2.21. The summed E-state index contributed by atoms with van der Waals surface area (Å²) < 4.78 is 5.80. The Morgan fingerprint density at radius 2 is 1.54 bits per heavy atom. The lowest BCUT2D eigenvalue weighted by atomic mass is 10.1. The normalized spacial score (nSPS) is 10.2. The van der Waals surface area contributed by atoms with Crippen LogP contribution in [0.3, 0.4) is 0 Å². The molecule has 0 aliphatic rings. The maximum absolute atomic E-state index is 12.6. The number of carbonyl (C=O) groups excluding carboxylic acids is 2. The van der Waals surface area contributed by atoms with Gasteiger partial charge in [-0.05, 0) is 42.8 Å². The zero-order chi connectivity index (χ0) is 18.8. The van der Waals surface area contributed by atoms with Crippen LogP contribution in [0.25, 0.3) is 0 Å². The van der Waals surface area contributed by atoms with Gasteiger partial charge in [-0.25, -0.2) is 0 Å². The quantitative estimate of drug-likeness (QED) is 0.632. The van der Waals surface area contributed by atoms with Crippen molar-refractivity contribution in [3.8, 4) is 5.75 Å². The molecule has 5 heteroatoms. The minimum atomic E-state index is -0.221. The highest BCUT2D eigenvalue weighted by atomic mass is 16.5. The molecule has 0 heterocycles. The van der Waals surface area contributed by atoms with Crippen LogP contribution in [0, 0.1) is 0 Å². The van der Waals surface area contributed by atoms with E-state index in [1.807, 2.05) is 18.2 Å². The summed E-state index contributed by atoms with van der Waals surface area (Å²) in [6.45, 7) is 4.23. The summed E-state index contributed by atoms with van der Waals surface area (Å²) in [6.07, 6.45) is 4.49. The molecule has 2 aromatic carbocycles. The van der Waals surface area contributed by atoms with E-state index in [4.69, 9.17) is 4.74 Å². The van der Waals surface area contributed by atoms with Crippen LogP contribution in [-0.2, 0) is 4.79 Å². The second-order valence-corrected chi connectivity index (χ2v) is 6.12. The van der Waals surface area contributed by atoms with Crippen molar-refractivity contribution in [1.82, 2.24) is 0 Å². The smallest absolute Gasteiger partial charge is 0.259 e. The lowest BCUT2D eigenvalue weighted by molar-refractivity contribution is -0.114. The van der Waals surface area contributed by atoms with Gasteiger partial charge in [0.25, 0.3) is 5.91 Å². The molecule has 2 aromatic rings. The van der Waals surface area contributed by atoms with Crippen LogP contribution >= 0.6 is 0 Å².